The van der Waals surface area contributed by atoms with Crippen LogP contribution < -0.4 is 16.4 Å². The molecule has 3 atom stereocenters. The number of hydrogen-bond acceptors (Lipinski definition) is 7. The Morgan fingerprint density at radius 2 is 1.83 bits per heavy atom. The molecule has 132 valence electrons. The summed E-state index contributed by atoms with van der Waals surface area (Å²) in [6.45, 7) is 0.874. The molecule has 3 unspecified atom stereocenters. The van der Waals surface area contributed by atoms with Crippen molar-refractivity contribution in [1.82, 2.24) is 10.6 Å². The second-order valence-electron chi connectivity index (χ2n) is 4.65. The minimum atomic E-state index is -1.24. The van der Waals surface area contributed by atoms with E-state index in [1.807, 2.05) is 0 Å². The molecule has 0 aliphatic rings. The highest BCUT2D eigenvalue weighted by molar-refractivity contribution is 7.99. The molecule has 0 aliphatic heterocycles. The summed E-state index contributed by atoms with van der Waals surface area (Å²) >= 11 is 0.987. The molecule has 0 saturated heterocycles. The van der Waals surface area contributed by atoms with Gasteiger partial charge in [0.15, 0.2) is 0 Å². The maximum Gasteiger partial charge on any atom is 0.322 e. The van der Waals surface area contributed by atoms with Crippen LogP contribution in [0.3, 0.4) is 0 Å². The van der Waals surface area contributed by atoms with Crippen molar-refractivity contribution in [2.24, 2.45) is 5.73 Å². The van der Waals surface area contributed by atoms with Gasteiger partial charge in [0.05, 0.1) is 5.44 Å². The fraction of sp³-hybridized carbons (Fsp3) is 0.667. The van der Waals surface area contributed by atoms with Crippen molar-refractivity contribution >= 4 is 35.5 Å². The topological polar surface area (TPSA) is 179 Å². The Hall–Kier alpha value is -1.85. The van der Waals surface area contributed by atoms with Crippen molar-refractivity contribution in [3.63, 3.8) is 0 Å². The molecule has 0 fully saturated rings. The van der Waals surface area contributed by atoms with E-state index in [4.69, 9.17) is 15.9 Å². The van der Waals surface area contributed by atoms with Crippen molar-refractivity contribution in [1.29, 1.82) is 0 Å². The van der Waals surface area contributed by atoms with Crippen LogP contribution in [0.5, 0.6) is 0 Å². The molecule has 0 aliphatic carbocycles. The number of aliphatic carboxylic acids is 2. The van der Waals surface area contributed by atoms with Gasteiger partial charge in [-0.1, -0.05) is 0 Å². The standard InChI is InChI=1S/C12H21N3O7S/c1-6(16)23-5-8(11(20)14-4-10(18)19)15-9(17)3-2-7(13)12(21)22/h6-8,16H,2-5,13H2,1H3,(H,14,20)(H,15,17)(H,18,19)(H,21,22). The van der Waals surface area contributed by atoms with Crippen molar-refractivity contribution in [2.45, 2.75) is 37.3 Å². The van der Waals surface area contributed by atoms with E-state index in [1.54, 1.807) is 0 Å². The highest BCUT2D eigenvalue weighted by atomic mass is 32.2. The smallest absolute Gasteiger partial charge is 0.322 e. The minimum Gasteiger partial charge on any atom is -0.480 e. The van der Waals surface area contributed by atoms with Gasteiger partial charge < -0.3 is 31.7 Å². The largest absolute Gasteiger partial charge is 0.480 e. The molecule has 0 bridgehead atoms. The van der Waals surface area contributed by atoms with E-state index in [0.29, 0.717) is 0 Å². The highest BCUT2D eigenvalue weighted by Crippen LogP contribution is 2.09. The van der Waals surface area contributed by atoms with Gasteiger partial charge in [-0.3, -0.25) is 19.2 Å². The van der Waals surface area contributed by atoms with Gasteiger partial charge in [-0.2, -0.15) is 0 Å². The van der Waals surface area contributed by atoms with Crippen LogP contribution in [0.2, 0.25) is 0 Å². The van der Waals surface area contributed by atoms with E-state index >= 15 is 0 Å². The molecule has 0 rings (SSSR count). The van der Waals surface area contributed by atoms with Crippen LogP contribution in [-0.2, 0) is 19.2 Å². The summed E-state index contributed by atoms with van der Waals surface area (Å²) in [6, 6.07) is -2.24. The Balaban J connectivity index is 4.54. The molecule has 23 heavy (non-hydrogen) atoms. The first-order valence-electron chi connectivity index (χ1n) is 6.70. The second-order valence-corrected chi connectivity index (χ2v) is 6.00. The number of carbonyl (C=O) groups is 4. The predicted octanol–water partition coefficient (Wildman–Crippen LogP) is -2.06. The maximum atomic E-state index is 11.8. The number of aliphatic hydroxyl groups is 1. The summed E-state index contributed by atoms with van der Waals surface area (Å²) in [5.74, 6) is -3.75. The summed E-state index contributed by atoms with van der Waals surface area (Å²) in [5, 5.41) is 30.9. The van der Waals surface area contributed by atoms with Crippen LogP contribution in [0, 0.1) is 0 Å². The van der Waals surface area contributed by atoms with E-state index in [2.05, 4.69) is 10.6 Å². The molecule has 11 heteroatoms. The highest BCUT2D eigenvalue weighted by Gasteiger charge is 2.23. The fourth-order valence-electron chi connectivity index (χ4n) is 1.38. The quantitative estimate of drug-likeness (QED) is 0.228. The molecule has 0 radical (unpaired) electrons. The van der Waals surface area contributed by atoms with E-state index in [0.717, 1.165) is 11.8 Å². The summed E-state index contributed by atoms with van der Waals surface area (Å²) < 4.78 is 0. The lowest BCUT2D eigenvalue weighted by molar-refractivity contribution is -0.139. The van der Waals surface area contributed by atoms with Gasteiger partial charge in [0.1, 0.15) is 18.6 Å². The van der Waals surface area contributed by atoms with Crippen LogP contribution in [0.25, 0.3) is 0 Å². The van der Waals surface area contributed by atoms with Crippen molar-refractivity contribution < 1.29 is 34.5 Å². The Labute approximate surface area is 136 Å². The average Bonchev–Trinajstić information content (AvgIpc) is 2.45. The molecule has 0 aromatic rings. The molecule has 0 aromatic heterocycles. The predicted molar refractivity (Wildman–Crippen MR) is 81.6 cm³/mol. The number of nitrogens with one attached hydrogen (secondary N) is 2. The summed E-state index contributed by atoms with van der Waals surface area (Å²) in [4.78, 5) is 44.6. The second kappa shape index (κ2) is 10.8. The minimum absolute atomic E-state index is 0.0276. The number of hydrogen-bond donors (Lipinski definition) is 6. The number of rotatable bonds is 11. The number of carbonyl (C=O) groups excluding carboxylic acids is 2. The number of nitrogens with two attached hydrogens (primary N) is 1. The van der Waals surface area contributed by atoms with Crippen LogP contribution in [-0.4, -0.2) is 68.9 Å². The number of thioether (sulfide) groups is 1. The van der Waals surface area contributed by atoms with Crippen molar-refractivity contribution in [3.05, 3.63) is 0 Å². The zero-order valence-electron chi connectivity index (χ0n) is 12.5. The van der Waals surface area contributed by atoms with E-state index < -0.39 is 47.8 Å². The first-order valence-corrected chi connectivity index (χ1v) is 7.75. The Morgan fingerprint density at radius 1 is 1.22 bits per heavy atom. The van der Waals surface area contributed by atoms with Crippen LogP contribution in [0.4, 0.5) is 0 Å². The monoisotopic (exact) mass is 351 g/mol. The zero-order chi connectivity index (χ0) is 18.0. The molecular formula is C12H21N3O7S. The van der Waals surface area contributed by atoms with Crippen LogP contribution in [0.15, 0.2) is 0 Å². The van der Waals surface area contributed by atoms with Gasteiger partial charge in [0.2, 0.25) is 11.8 Å². The lowest BCUT2D eigenvalue weighted by Crippen LogP contribution is -2.49. The molecule has 2 amide bonds. The van der Waals surface area contributed by atoms with Gasteiger partial charge in [0, 0.05) is 12.2 Å². The molecule has 0 aromatic carbocycles. The zero-order valence-corrected chi connectivity index (χ0v) is 13.3. The van der Waals surface area contributed by atoms with Gasteiger partial charge in [-0.15, -0.1) is 11.8 Å². The molecule has 7 N–H and O–H groups in total. The molecular weight excluding hydrogens is 330 g/mol. The lowest BCUT2D eigenvalue weighted by atomic mass is 10.1. The number of carboxylic acid groups (broad SMARTS) is 2. The maximum absolute atomic E-state index is 11.8. The summed E-state index contributed by atoms with van der Waals surface area (Å²) in [6.07, 6.45) is -0.302. The van der Waals surface area contributed by atoms with Crippen LogP contribution >= 0.6 is 11.8 Å². The van der Waals surface area contributed by atoms with E-state index in [-0.39, 0.29) is 18.6 Å². The number of carboxylic acids is 2. The Morgan fingerprint density at radius 3 is 2.30 bits per heavy atom. The SMILES string of the molecule is CC(O)SCC(NC(=O)CCC(N)C(=O)O)C(=O)NCC(=O)O. The normalized spacial score (nSPS) is 14.4. The summed E-state index contributed by atoms with van der Waals surface area (Å²) in [5.41, 5.74) is 4.50. The van der Waals surface area contributed by atoms with Gasteiger partial charge in [-0.25, -0.2) is 0 Å². The fourth-order valence-corrected chi connectivity index (χ4v) is 2.09. The number of amides is 2. The Bertz CT molecular complexity index is 444. The van der Waals surface area contributed by atoms with Gasteiger partial charge >= 0.3 is 11.9 Å². The van der Waals surface area contributed by atoms with Crippen molar-refractivity contribution in [2.75, 3.05) is 12.3 Å². The van der Waals surface area contributed by atoms with Crippen LogP contribution in [0.1, 0.15) is 19.8 Å². The van der Waals surface area contributed by atoms with Gasteiger partial charge in [-0.05, 0) is 13.3 Å². The molecule has 10 nitrogen and oxygen atoms in total. The third kappa shape index (κ3) is 10.5. The van der Waals surface area contributed by atoms with Gasteiger partial charge in [0.25, 0.3) is 0 Å². The molecule has 0 heterocycles. The summed E-state index contributed by atoms with van der Waals surface area (Å²) in [7, 11) is 0. The third-order valence-corrected chi connectivity index (χ3v) is 3.58. The third-order valence-electron chi connectivity index (χ3n) is 2.57. The molecule has 0 spiro atoms. The number of aliphatic hydroxyl groups excluding tert-OH is 1. The first-order chi connectivity index (χ1) is 10.6. The molecule has 0 saturated carbocycles. The van der Waals surface area contributed by atoms with Crippen molar-refractivity contribution in [3.8, 4) is 0 Å². The lowest BCUT2D eigenvalue weighted by Gasteiger charge is -2.18. The first kappa shape index (κ1) is 21.1. The van der Waals surface area contributed by atoms with E-state index in [1.165, 1.54) is 6.92 Å². The Kier molecular flexibility index (Phi) is 9.94. The average molecular weight is 351 g/mol. The van der Waals surface area contributed by atoms with E-state index in [9.17, 15) is 24.3 Å².